The van der Waals surface area contributed by atoms with Crippen molar-refractivity contribution in [3.8, 4) is 11.6 Å². The Hall–Kier alpha value is -1.77. The van der Waals surface area contributed by atoms with Crippen LogP contribution in [-0.2, 0) is 5.88 Å². The van der Waals surface area contributed by atoms with Gasteiger partial charge in [0.05, 0.1) is 5.02 Å². The second-order valence-electron chi connectivity index (χ2n) is 4.30. The molecule has 1 heterocycles. The summed E-state index contributed by atoms with van der Waals surface area (Å²) in [5.74, 6) is 1.54. The van der Waals surface area contributed by atoms with Gasteiger partial charge in [-0.05, 0) is 29.1 Å². The number of pyridine rings is 1. The van der Waals surface area contributed by atoms with E-state index in [4.69, 9.17) is 27.9 Å². The number of alkyl halides is 1. The first-order valence-electron chi connectivity index (χ1n) is 6.14. The molecule has 0 atom stereocenters. The Bertz CT molecular complexity index is 758. The van der Waals surface area contributed by atoms with Crippen LogP contribution in [0.3, 0.4) is 0 Å². The summed E-state index contributed by atoms with van der Waals surface area (Å²) in [6.45, 7) is 0. The summed E-state index contributed by atoms with van der Waals surface area (Å²) >= 11 is 12.1. The van der Waals surface area contributed by atoms with Gasteiger partial charge in [0.2, 0.25) is 5.88 Å². The third kappa shape index (κ3) is 2.45. The van der Waals surface area contributed by atoms with Gasteiger partial charge in [0, 0.05) is 17.5 Å². The van der Waals surface area contributed by atoms with Crippen molar-refractivity contribution in [3.05, 3.63) is 65.3 Å². The van der Waals surface area contributed by atoms with Crippen LogP contribution in [0.15, 0.2) is 54.7 Å². The Kier molecular flexibility index (Phi) is 3.77. The van der Waals surface area contributed by atoms with Crippen molar-refractivity contribution in [1.29, 1.82) is 0 Å². The van der Waals surface area contributed by atoms with Gasteiger partial charge in [-0.1, -0.05) is 41.9 Å². The zero-order valence-electron chi connectivity index (χ0n) is 10.5. The van der Waals surface area contributed by atoms with E-state index >= 15 is 0 Å². The minimum absolute atomic E-state index is 0.417. The van der Waals surface area contributed by atoms with E-state index in [0.29, 0.717) is 22.5 Å². The largest absolute Gasteiger partial charge is 0.437 e. The molecule has 3 aromatic rings. The minimum atomic E-state index is 0.417. The molecule has 4 heteroatoms. The van der Waals surface area contributed by atoms with Gasteiger partial charge in [0.15, 0.2) is 0 Å². The van der Waals surface area contributed by atoms with Gasteiger partial charge < -0.3 is 4.74 Å². The minimum Gasteiger partial charge on any atom is -0.437 e. The highest BCUT2D eigenvalue weighted by Crippen LogP contribution is 2.33. The van der Waals surface area contributed by atoms with Crippen molar-refractivity contribution in [3.63, 3.8) is 0 Å². The number of aromatic nitrogens is 1. The van der Waals surface area contributed by atoms with E-state index in [9.17, 15) is 0 Å². The molecular formula is C16H11Cl2NO. The molecule has 0 spiro atoms. The number of benzene rings is 2. The number of fused-ring (bicyclic) bond motifs is 1. The van der Waals surface area contributed by atoms with Crippen molar-refractivity contribution < 1.29 is 4.74 Å². The van der Waals surface area contributed by atoms with E-state index < -0.39 is 0 Å². The number of hydrogen-bond acceptors (Lipinski definition) is 2. The predicted octanol–water partition coefficient (Wildman–Crippen LogP) is 5.42. The number of nitrogens with zero attached hydrogens (tertiary/aromatic N) is 1. The van der Waals surface area contributed by atoms with Crippen LogP contribution in [0.25, 0.3) is 10.8 Å². The summed E-state index contributed by atoms with van der Waals surface area (Å²) < 4.78 is 5.84. The van der Waals surface area contributed by atoms with Gasteiger partial charge in [-0.3, -0.25) is 0 Å². The molecule has 0 amide bonds. The standard InChI is InChI=1S/C16H11Cl2NO/c17-9-11-10-19-16(13-6-2-1-5-12(11)13)20-15-8-4-3-7-14(15)18/h1-8,10H,9H2. The second kappa shape index (κ2) is 5.70. The van der Waals surface area contributed by atoms with Crippen LogP contribution in [0.1, 0.15) is 5.56 Å². The quantitative estimate of drug-likeness (QED) is 0.603. The fraction of sp³-hybridized carbons (Fsp3) is 0.0625. The molecule has 2 aromatic carbocycles. The zero-order chi connectivity index (χ0) is 13.9. The van der Waals surface area contributed by atoms with Gasteiger partial charge >= 0.3 is 0 Å². The molecule has 100 valence electrons. The van der Waals surface area contributed by atoms with Crippen LogP contribution >= 0.6 is 23.2 Å². The van der Waals surface area contributed by atoms with Gasteiger partial charge in [0.1, 0.15) is 5.75 Å². The van der Waals surface area contributed by atoms with Crippen molar-refractivity contribution in [1.82, 2.24) is 4.98 Å². The van der Waals surface area contributed by atoms with E-state index in [1.807, 2.05) is 42.5 Å². The van der Waals surface area contributed by atoms with E-state index in [1.165, 1.54) is 0 Å². The summed E-state index contributed by atoms with van der Waals surface area (Å²) in [5, 5.41) is 2.52. The average Bonchev–Trinajstić information content (AvgIpc) is 2.50. The lowest BCUT2D eigenvalue weighted by Crippen LogP contribution is -1.93. The lowest BCUT2D eigenvalue weighted by Gasteiger charge is -2.10. The van der Waals surface area contributed by atoms with Crippen LogP contribution in [0.4, 0.5) is 0 Å². The molecule has 0 N–H and O–H groups in total. The van der Waals surface area contributed by atoms with Gasteiger partial charge in [-0.15, -0.1) is 11.6 Å². The molecule has 0 saturated carbocycles. The van der Waals surface area contributed by atoms with Crippen LogP contribution in [0.2, 0.25) is 5.02 Å². The molecule has 3 rings (SSSR count). The molecule has 0 saturated heterocycles. The van der Waals surface area contributed by atoms with Crippen molar-refractivity contribution >= 4 is 34.0 Å². The molecule has 0 aliphatic carbocycles. The maximum Gasteiger partial charge on any atom is 0.227 e. The number of para-hydroxylation sites is 1. The van der Waals surface area contributed by atoms with Crippen LogP contribution in [-0.4, -0.2) is 4.98 Å². The molecule has 0 bridgehead atoms. The molecule has 0 aliphatic rings. The second-order valence-corrected chi connectivity index (χ2v) is 4.97. The first-order chi connectivity index (χ1) is 9.79. The highest BCUT2D eigenvalue weighted by atomic mass is 35.5. The Labute approximate surface area is 126 Å². The fourth-order valence-electron chi connectivity index (χ4n) is 2.04. The average molecular weight is 304 g/mol. The van der Waals surface area contributed by atoms with Crippen LogP contribution in [0.5, 0.6) is 11.6 Å². The first-order valence-corrected chi connectivity index (χ1v) is 7.06. The number of rotatable bonds is 3. The Morgan fingerprint density at radius 3 is 2.40 bits per heavy atom. The molecule has 0 aliphatic heterocycles. The third-order valence-electron chi connectivity index (χ3n) is 3.03. The topological polar surface area (TPSA) is 22.1 Å². The summed E-state index contributed by atoms with van der Waals surface area (Å²) in [4.78, 5) is 4.35. The van der Waals surface area contributed by atoms with Crippen LogP contribution in [0, 0.1) is 0 Å². The molecule has 2 nitrogen and oxygen atoms in total. The number of halogens is 2. The summed E-state index contributed by atoms with van der Waals surface area (Å²) in [6, 6.07) is 15.2. The summed E-state index contributed by atoms with van der Waals surface area (Å²) in [7, 11) is 0. The molecular weight excluding hydrogens is 293 g/mol. The maximum atomic E-state index is 6.11. The Balaban J connectivity index is 2.11. The molecule has 20 heavy (non-hydrogen) atoms. The third-order valence-corrected chi connectivity index (χ3v) is 3.63. The summed E-state index contributed by atoms with van der Waals surface area (Å²) in [6.07, 6.45) is 1.74. The monoisotopic (exact) mass is 303 g/mol. The SMILES string of the molecule is ClCc1cnc(Oc2ccccc2Cl)c2ccccc12. The van der Waals surface area contributed by atoms with Crippen molar-refractivity contribution in [2.24, 2.45) is 0 Å². The fourth-order valence-corrected chi connectivity index (χ4v) is 2.43. The van der Waals surface area contributed by atoms with E-state index in [1.54, 1.807) is 12.3 Å². The Morgan fingerprint density at radius 1 is 0.950 bits per heavy atom. The van der Waals surface area contributed by atoms with E-state index in [-0.39, 0.29) is 0 Å². The van der Waals surface area contributed by atoms with Crippen LogP contribution < -0.4 is 4.74 Å². The lowest BCUT2D eigenvalue weighted by atomic mass is 10.1. The van der Waals surface area contributed by atoms with E-state index in [2.05, 4.69) is 4.98 Å². The predicted molar refractivity (Wildman–Crippen MR) is 82.8 cm³/mol. The highest BCUT2D eigenvalue weighted by Gasteiger charge is 2.10. The number of ether oxygens (including phenoxy) is 1. The smallest absolute Gasteiger partial charge is 0.227 e. The first kappa shape index (κ1) is 13.2. The molecule has 0 radical (unpaired) electrons. The highest BCUT2D eigenvalue weighted by molar-refractivity contribution is 6.32. The maximum absolute atomic E-state index is 6.11. The molecule has 1 aromatic heterocycles. The molecule has 0 unspecified atom stereocenters. The number of hydrogen-bond donors (Lipinski definition) is 0. The Morgan fingerprint density at radius 2 is 1.65 bits per heavy atom. The normalized spacial score (nSPS) is 10.7. The van der Waals surface area contributed by atoms with Crippen molar-refractivity contribution in [2.75, 3.05) is 0 Å². The van der Waals surface area contributed by atoms with Crippen molar-refractivity contribution in [2.45, 2.75) is 5.88 Å². The zero-order valence-corrected chi connectivity index (χ0v) is 12.0. The van der Waals surface area contributed by atoms with Gasteiger partial charge in [-0.2, -0.15) is 0 Å². The van der Waals surface area contributed by atoms with Gasteiger partial charge in [0.25, 0.3) is 0 Å². The van der Waals surface area contributed by atoms with E-state index in [0.717, 1.165) is 16.3 Å². The van der Waals surface area contributed by atoms with Gasteiger partial charge in [-0.25, -0.2) is 4.98 Å². The lowest BCUT2D eigenvalue weighted by molar-refractivity contribution is 0.469. The molecule has 0 fully saturated rings. The summed E-state index contributed by atoms with van der Waals surface area (Å²) in [5.41, 5.74) is 0.980.